The number of hydrogen-bond acceptors (Lipinski definition) is 10. The molecule has 11 nitrogen and oxygen atoms in total. The van der Waals surface area contributed by atoms with E-state index in [4.69, 9.17) is 9.78 Å². The molecule has 234 valence electrons. The van der Waals surface area contributed by atoms with Crippen molar-refractivity contribution in [3.63, 3.8) is 0 Å². The van der Waals surface area contributed by atoms with Crippen LogP contribution in [0.25, 0.3) is 0 Å². The second-order valence-electron chi connectivity index (χ2n) is 12.3. The van der Waals surface area contributed by atoms with E-state index in [0.29, 0.717) is 48.7 Å². The van der Waals surface area contributed by atoms with E-state index in [1.165, 1.54) is 12.5 Å². The molecular formula is C33H40N4O7. The molecule has 2 aliphatic carbocycles. The molecule has 5 rings (SSSR count). The van der Waals surface area contributed by atoms with Crippen molar-refractivity contribution in [1.82, 2.24) is 21.3 Å². The molecule has 1 aromatic carbocycles. The standard InChI is InChI=1S/C33H40N4O7/c38-13-11-26(16-23-10-12-34-29(23)18-39)36-30(19-40)27(14-21-4-2-1-3-5-21)35-17-28(32(41)22-6-7-22)37-33(42)24-8-9-31-25(15-24)20-43-44-31/h8-9,11,15,21-23,26-28,34-36H,1-7,10,12,14,16-17,20H2,(H,37,42)/t23-,26?,27?,28?/m0/s1. The first-order valence-corrected chi connectivity index (χ1v) is 15.7. The SMILES string of the molecule is O=C=CC(C[C@@H]1CCNC1=C=O)NC(=C=O)C(CC1CCCCC1)NCC(NC(=O)c1ccc2c(c1)COO2)C(=O)C1CC1. The minimum atomic E-state index is -0.798. The van der Waals surface area contributed by atoms with Gasteiger partial charge in [-0.05, 0) is 56.2 Å². The lowest BCUT2D eigenvalue weighted by Gasteiger charge is -2.30. The molecule has 4 atom stereocenters. The van der Waals surface area contributed by atoms with Crippen molar-refractivity contribution in [2.24, 2.45) is 17.8 Å². The van der Waals surface area contributed by atoms with Gasteiger partial charge in [0.05, 0.1) is 17.8 Å². The summed E-state index contributed by atoms with van der Waals surface area (Å²) in [6, 6.07) is 3.15. The quantitative estimate of drug-likeness (QED) is 0.173. The average molecular weight is 605 g/mol. The molecule has 4 N–H and O–H groups in total. The first kappa shape index (κ1) is 31.5. The number of benzene rings is 1. The normalized spacial score (nSPS) is 21.3. The van der Waals surface area contributed by atoms with Crippen LogP contribution in [0.3, 0.4) is 0 Å². The van der Waals surface area contributed by atoms with Crippen molar-refractivity contribution >= 4 is 29.5 Å². The van der Waals surface area contributed by atoms with Crippen molar-refractivity contribution in [3.05, 3.63) is 46.8 Å². The number of ketones is 1. The average Bonchev–Trinajstić information content (AvgIpc) is 3.62. The van der Waals surface area contributed by atoms with Gasteiger partial charge in [0.2, 0.25) is 0 Å². The highest BCUT2D eigenvalue weighted by atomic mass is 17.2. The van der Waals surface area contributed by atoms with Gasteiger partial charge in [0.1, 0.15) is 36.2 Å². The molecule has 1 saturated heterocycles. The van der Waals surface area contributed by atoms with Gasteiger partial charge in [-0.3, -0.25) is 9.59 Å². The lowest BCUT2D eigenvalue weighted by atomic mass is 9.84. The van der Waals surface area contributed by atoms with Crippen LogP contribution in [0.1, 0.15) is 80.1 Å². The Bertz CT molecular complexity index is 1370. The largest absolute Gasteiger partial charge is 0.379 e. The monoisotopic (exact) mass is 604 g/mol. The number of Topliss-reactive ketones (excluding diaryl/α,β-unsaturated/α-hetero) is 1. The molecule has 2 saturated carbocycles. The summed E-state index contributed by atoms with van der Waals surface area (Å²) in [5.74, 6) is 6.12. The predicted molar refractivity (Wildman–Crippen MR) is 160 cm³/mol. The summed E-state index contributed by atoms with van der Waals surface area (Å²) in [6.45, 7) is 1.01. The Hall–Kier alpha value is -3.97. The summed E-state index contributed by atoms with van der Waals surface area (Å²) in [5.41, 5.74) is 1.86. The van der Waals surface area contributed by atoms with Gasteiger partial charge in [0.15, 0.2) is 11.5 Å². The molecule has 11 heteroatoms. The molecule has 1 amide bonds. The number of carbonyl (C=O) groups is 2. The molecule has 2 heterocycles. The van der Waals surface area contributed by atoms with Gasteiger partial charge in [0, 0.05) is 42.1 Å². The second-order valence-corrected chi connectivity index (χ2v) is 12.3. The summed E-state index contributed by atoms with van der Waals surface area (Å²) < 4.78 is 0. The Morgan fingerprint density at radius 3 is 2.55 bits per heavy atom. The number of allylic oxidation sites excluding steroid dienone is 1. The zero-order valence-corrected chi connectivity index (χ0v) is 24.8. The van der Waals surface area contributed by atoms with Crippen LogP contribution in [0.5, 0.6) is 5.75 Å². The summed E-state index contributed by atoms with van der Waals surface area (Å²) >= 11 is 0. The minimum Gasteiger partial charge on any atom is -0.379 e. The molecule has 0 bridgehead atoms. The third-order valence-electron chi connectivity index (χ3n) is 9.11. The number of rotatable bonds is 15. The number of carbonyl (C=O) groups excluding carboxylic acids is 5. The molecule has 3 fully saturated rings. The molecule has 0 spiro atoms. The van der Waals surface area contributed by atoms with Gasteiger partial charge in [-0.2, -0.15) is 4.89 Å². The third kappa shape index (κ3) is 8.14. The molecule has 3 unspecified atom stereocenters. The van der Waals surface area contributed by atoms with E-state index in [0.717, 1.165) is 44.1 Å². The summed E-state index contributed by atoms with van der Waals surface area (Å²) in [7, 11) is 0. The topological polar surface area (TPSA) is 152 Å². The van der Waals surface area contributed by atoms with E-state index in [1.54, 1.807) is 18.2 Å². The van der Waals surface area contributed by atoms with E-state index in [9.17, 15) is 24.0 Å². The Labute approximate surface area is 256 Å². The summed E-state index contributed by atoms with van der Waals surface area (Å²) in [5, 5.41) is 12.5. The predicted octanol–water partition coefficient (Wildman–Crippen LogP) is 2.29. The van der Waals surface area contributed by atoms with Crippen LogP contribution in [0.4, 0.5) is 0 Å². The van der Waals surface area contributed by atoms with E-state index in [2.05, 4.69) is 27.2 Å². The molecule has 0 aromatic heterocycles. The number of hydrogen-bond donors (Lipinski definition) is 4. The van der Waals surface area contributed by atoms with Crippen molar-refractivity contribution in [2.45, 2.75) is 88.9 Å². The fraction of sp³-hybridized carbons (Fsp3) is 0.576. The zero-order chi connectivity index (χ0) is 30.9. The maximum absolute atomic E-state index is 13.3. The Kier molecular flexibility index (Phi) is 10.8. The smallest absolute Gasteiger partial charge is 0.251 e. The van der Waals surface area contributed by atoms with Crippen molar-refractivity contribution in [3.8, 4) is 5.75 Å². The lowest BCUT2D eigenvalue weighted by Crippen LogP contribution is -2.52. The highest BCUT2D eigenvalue weighted by molar-refractivity contribution is 5.99. The number of amides is 1. The molecule has 0 radical (unpaired) electrons. The second kappa shape index (κ2) is 15.2. The van der Waals surface area contributed by atoms with Crippen LogP contribution >= 0.6 is 0 Å². The molecule has 44 heavy (non-hydrogen) atoms. The molecule has 1 aromatic rings. The molecular weight excluding hydrogens is 564 g/mol. The maximum atomic E-state index is 13.3. The molecule has 4 aliphatic rings. The van der Waals surface area contributed by atoms with Gasteiger partial charge < -0.3 is 26.2 Å². The fourth-order valence-electron chi connectivity index (χ4n) is 6.49. The van der Waals surface area contributed by atoms with Crippen LogP contribution in [-0.4, -0.2) is 60.7 Å². The summed E-state index contributed by atoms with van der Waals surface area (Å²) in [6.07, 6.45) is 10.2. The highest BCUT2D eigenvalue weighted by Crippen LogP contribution is 2.32. The van der Waals surface area contributed by atoms with Gasteiger partial charge in [-0.1, -0.05) is 32.1 Å². The highest BCUT2D eigenvalue weighted by Gasteiger charge is 2.37. The third-order valence-corrected chi connectivity index (χ3v) is 9.11. The van der Waals surface area contributed by atoms with Crippen molar-refractivity contribution in [2.75, 3.05) is 13.1 Å². The Morgan fingerprint density at radius 2 is 1.82 bits per heavy atom. The first-order valence-electron chi connectivity index (χ1n) is 15.7. The van der Waals surface area contributed by atoms with E-state index in [-0.39, 0.29) is 42.4 Å². The van der Waals surface area contributed by atoms with Gasteiger partial charge in [-0.25, -0.2) is 14.4 Å². The van der Waals surface area contributed by atoms with Crippen LogP contribution in [0, 0.1) is 17.8 Å². The Morgan fingerprint density at radius 1 is 1.00 bits per heavy atom. The van der Waals surface area contributed by atoms with Gasteiger partial charge in [-0.15, -0.1) is 0 Å². The minimum absolute atomic E-state index is 0.0386. The number of fused-ring (bicyclic) bond motifs is 1. The van der Waals surface area contributed by atoms with Crippen LogP contribution in [0.15, 0.2) is 35.7 Å². The molecule has 2 aliphatic heterocycles. The zero-order valence-electron chi connectivity index (χ0n) is 24.8. The maximum Gasteiger partial charge on any atom is 0.251 e. The van der Waals surface area contributed by atoms with E-state index < -0.39 is 18.1 Å². The lowest BCUT2D eigenvalue weighted by molar-refractivity contribution is -0.194. The Balaban J connectivity index is 1.31. The van der Waals surface area contributed by atoms with Crippen LogP contribution < -0.4 is 26.2 Å². The van der Waals surface area contributed by atoms with Gasteiger partial charge in [0.25, 0.3) is 5.91 Å². The number of nitrogens with one attached hydrogen (secondary N) is 4. The van der Waals surface area contributed by atoms with Crippen molar-refractivity contribution in [1.29, 1.82) is 0 Å². The first-order chi connectivity index (χ1) is 21.5. The summed E-state index contributed by atoms with van der Waals surface area (Å²) in [4.78, 5) is 71.8. The van der Waals surface area contributed by atoms with E-state index >= 15 is 0 Å². The van der Waals surface area contributed by atoms with Crippen LogP contribution in [-0.2, 0) is 30.7 Å². The van der Waals surface area contributed by atoms with Crippen molar-refractivity contribution < 1.29 is 33.7 Å². The van der Waals surface area contributed by atoms with E-state index in [1.807, 2.05) is 11.9 Å². The van der Waals surface area contributed by atoms with Gasteiger partial charge >= 0.3 is 0 Å². The van der Waals surface area contributed by atoms with Crippen LogP contribution in [0.2, 0.25) is 0 Å². The fourth-order valence-corrected chi connectivity index (χ4v) is 6.49.